The van der Waals surface area contributed by atoms with E-state index in [0.717, 1.165) is 44.2 Å². The molecule has 1 atom stereocenters. The van der Waals surface area contributed by atoms with Gasteiger partial charge in [-0.25, -0.2) is 13.6 Å². The lowest BCUT2D eigenvalue weighted by atomic mass is 9.71. The number of carboxylic acid groups (broad SMARTS) is 1. The summed E-state index contributed by atoms with van der Waals surface area (Å²) in [6.45, 7) is -1.35. The monoisotopic (exact) mass is 593 g/mol. The first kappa shape index (κ1) is 29.0. The van der Waals surface area contributed by atoms with Crippen molar-refractivity contribution in [1.29, 1.82) is 0 Å². The number of anilines is 3. The maximum absolute atomic E-state index is 14.3. The molecular weight excluding hydrogens is 565 g/mol. The Balaban J connectivity index is 1.63. The molecule has 5 nitrogen and oxygen atoms in total. The van der Waals surface area contributed by atoms with Gasteiger partial charge >= 0.3 is 12.1 Å². The van der Waals surface area contributed by atoms with Crippen LogP contribution in [0.2, 0.25) is 5.02 Å². The molecule has 3 aromatic carbocycles. The van der Waals surface area contributed by atoms with Crippen LogP contribution in [-0.2, 0) is 5.66 Å². The number of hydrogen-bond donors (Lipinski definition) is 3. The Labute approximate surface area is 239 Å². The van der Waals surface area contributed by atoms with E-state index < -0.39 is 41.9 Å². The quantitative estimate of drug-likeness (QED) is 0.229. The molecule has 0 radical (unpaired) electrons. The first-order valence-corrected chi connectivity index (χ1v) is 13.8. The molecule has 3 N–H and O–H groups in total. The van der Waals surface area contributed by atoms with Gasteiger partial charge in [-0.3, -0.25) is 0 Å². The van der Waals surface area contributed by atoms with Crippen molar-refractivity contribution in [2.75, 3.05) is 28.6 Å². The van der Waals surface area contributed by atoms with Gasteiger partial charge in [0.1, 0.15) is 12.2 Å². The lowest BCUT2D eigenvalue weighted by Gasteiger charge is -2.46. The number of carbonyl (C=O) groups is 1. The Morgan fingerprint density at radius 1 is 0.951 bits per heavy atom. The van der Waals surface area contributed by atoms with Gasteiger partial charge in [-0.2, -0.15) is 13.2 Å². The van der Waals surface area contributed by atoms with E-state index in [1.54, 1.807) is 24.3 Å². The summed E-state index contributed by atoms with van der Waals surface area (Å²) in [5, 5.41) is 16.4. The van der Waals surface area contributed by atoms with Crippen molar-refractivity contribution >= 4 is 34.6 Å². The maximum Gasteiger partial charge on any atom is 0.405 e. The average Bonchev–Trinajstić information content (AvgIpc) is 3.30. The number of benzene rings is 3. The highest BCUT2D eigenvalue weighted by molar-refractivity contribution is 6.30. The molecule has 11 heteroatoms. The van der Waals surface area contributed by atoms with Gasteiger partial charge in [0.2, 0.25) is 0 Å². The van der Waals surface area contributed by atoms with Gasteiger partial charge in [0.05, 0.1) is 16.9 Å². The molecule has 1 heterocycles. The van der Waals surface area contributed by atoms with Crippen molar-refractivity contribution in [1.82, 2.24) is 0 Å². The summed E-state index contributed by atoms with van der Waals surface area (Å²) in [6, 6.07) is 14.2. The fourth-order valence-electron chi connectivity index (χ4n) is 6.17. The lowest BCUT2D eigenvalue weighted by Crippen LogP contribution is -2.54. The lowest BCUT2D eigenvalue weighted by molar-refractivity contribution is -0.120. The second-order valence-corrected chi connectivity index (χ2v) is 11.2. The zero-order valence-electron chi connectivity index (χ0n) is 21.9. The van der Waals surface area contributed by atoms with Crippen LogP contribution in [0.3, 0.4) is 0 Å². The van der Waals surface area contributed by atoms with Crippen molar-refractivity contribution in [2.45, 2.75) is 43.9 Å². The largest absolute Gasteiger partial charge is 0.478 e. The second-order valence-electron chi connectivity index (χ2n) is 10.7. The van der Waals surface area contributed by atoms with E-state index >= 15 is 0 Å². The molecule has 1 fully saturated rings. The van der Waals surface area contributed by atoms with Crippen molar-refractivity contribution < 1.29 is 31.9 Å². The Kier molecular flexibility index (Phi) is 8.05. The number of nitrogens with zero attached hydrogens (tertiary/aromatic N) is 1. The van der Waals surface area contributed by atoms with Gasteiger partial charge in [0, 0.05) is 35.3 Å². The van der Waals surface area contributed by atoms with E-state index in [2.05, 4.69) is 10.6 Å². The summed E-state index contributed by atoms with van der Waals surface area (Å²) < 4.78 is 70.5. The number of alkyl halides is 3. The molecule has 0 spiro atoms. The van der Waals surface area contributed by atoms with Gasteiger partial charge in [0.25, 0.3) is 0 Å². The van der Waals surface area contributed by atoms with Gasteiger partial charge in [-0.05, 0) is 60.7 Å². The number of fused-ring (bicyclic) bond motifs is 1. The minimum Gasteiger partial charge on any atom is -0.478 e. The summed E-state index contributed by atoms with van der Waals surface area (Å²) >= 11 is 6.18. The molecular formula is C30H29ClF5N3O2. The van der Waals surface area contributed by atoms with E-state index in [0.29, 0.717) is 22.0 Å². The third kappa shape index (κ3) is 6.22. The highest BCUT2D eigenvalue weighted by atomic mass is 35.5. The standard InChI is InChI=1S/C30H29ClF5N3O2/c31-21-10-8-20(9-11-21)30(37-26-14-24(32)25(33)15-27(26)38-30)23(18-4-2-1-3-5-18)16-39(17-29(34,35)36)22-12-6-19(7-13-22)28(40)41/h6-15,18,23,37-38H,1-5,16-17H2,(H,40,41). The summed E-state index contributed by atoms with van der Waals surface area (Å²) in [6.07, 6.45) is -0.207. The average molecular weight is 594 g/mol. The molecule has 5 rings (SSSR count). The van der Waals surface area contributed by atoms with Crippen LogP contribution in [0.25, 0.3) is 0 Å². The second kappa shape index (κ2) is 11.4. The number of aromatic carboxylic acids is 1. The third-order valence-corrected chi connectivity index (χ3v) is 8.32. The summed E-state index contributed by atoms with van der Waals surface area (Å²) in [5.74, 6) is -3.84. The zero-order chi connectivity index (χ0) is 29.4. The van der Waals surface area contributed by atoms with Gasteiger partial charge in [-0.1, -0.05) is 43.0 Å². The molecule has 1 aliphatic carbocycles. The molecule has 1 unspecified atom stereocenters. The van der Waals surface area contributed by atoms with E-state index in [9.17, 15) is 31.9 Å². The fourth-order valence-corrected chi connectivity index (χ4v) is 6.30. The first-order valence-electron chi connectivity index (χ1n) is 13.4. The molecule has 3 aromatic rings. The van der Waals surface area contributed by atoms with Crippen molar-refractivity contribution in [2.24, 2.45) is 11.8 Å². The van der Waals surface area contributed by atoms with E-state index in [1.165, 1.54) is 29.2 Å². The Bertz CT molecular complexity index is 1360. The maximum atomic E-state index is 14.3. The van der Waals surface area contributed by atoms with Gasteiger partial charge in [0.15, 0.2) is 11.6 Å². The highest BCUT2D eigenvalue weighted by Gasteiger charge is 2.50. The van der Waals surface area contributed by atoms with Crippen molar-refractivity contribution in [3.8, 4) is 0 Å². The summed E-state index contributed by atoms with van der Waals surface area (Å²) in [5.41, 5.74) is 0.205. The SMILES string of the molecule is O=C(O)c1ccc(N(CC(C2CCCCC2)C2(c3ccc(Cl)cc3)Nc3cc(F)c(F)cc3N2)CC(F)(F)F)cc1. The minimum atomic E-state index is -4.55. The molecule has 0 bridgehead atoms. The number of hydrogen-bond acceptors (Lipinski definition) is 4. The summed E-state index contributed by atoms with van der Waals surface area (Å²) in [4.78, 5) is 12.6. The summed E-state index contributed by atoms with van der Waals surface area (Å²) in [7, 11) is 0. The molecule has 218 valence electrons. The molecule has 1 aliphatic heterocycles. The van der Waals surface area contributed by atoms with E-state index in [4.69, 9.17) is 11.6 Å². The predicted molar refractivity (Wildman–Crippen MR) is 148 cm³/mol. The molecule has 41 heavy (non-hydrogen) atoms. The molecule has 0 aromatic heterocycles. The Morgan fingerprint density at radius 2 is 1.51 bits per heavy atom. The molecule has 0 saturated heterocycles. The third-order valence-electron chi connectivity index (χ3n) is 8.07. The van der Waals surface area contributed by atoms with Crippen molar-refractivity contribution in [3.63, 3.8) is 0 Å². The number of halogens is 6. The normalized spacial score (nSPS) is 17.3. The minimum absolute atomic E-state index is 0.0409. The predicted octanol–water partition coefficient (Wildman–Crippen LogP) is 8.27. The smallest absolute Gasteiger partial charge is 0.405 e. The van der Waals surface area contributed by atoms with Crippen LogP contribution in [0.4, 0.5) is 39.0 Å². The Hall–Kier alpha value is -3.53. The van der Waals surface area contributed by atoms with Crippen LogP contribution in [0.5, 0.6) is 0 Å². The van der Waals surface area contributed by atoms with Crippen LogP contribution in [0, 0.1) is 23.5 Å². The first-order chi connectivity index (χ1) is 19.4. The fraction of sp³-hybridized carbons (Fsp3) is 0.367. The topological polar surface area (TPSA) is 64.6 Å². The van der Waals surface area contributed by atoms with Crippen LogP contribution < -0.4 is 15.5 Å². The number of rotatable bonds is 8. The molecule has 2 aliphatic rings. The van der Waals surface area contributed by atoms with Crippen LogP contribution in [-0.4, -0.2) is 30.3 Å². The van der Waals surface area contributed by atoms with E-state index in [-0.39, 0.29) is 23.7 Å². The van der Waals surface area contributed by atoms with Gasteiger partial charge in [-0.15, -0.1) is 0 Å². The van der Waals surface area contributed by atoms with Crippen LogP contribution in [0.1, 0.15) is 48.0 Å². The van der Waals surface area contributed by atoms with Gasteiger partial charge < -0.3 is 20.6 Å². The molecule has 1 saturated carbocycles. The molecule has 0 amide bonds. The number of carboxylic acids is 1. The Morgan fingerprint density at radius 3 is 2.02 bits per heavy atom. The zero-order valence-corrected chi connectivity index (χ0v) is 22.7. The van der Waals surface area contributed by atoms with Crippen molar-refractivity contribution in [3.05, 3.63) is 88.4 Å². The van der Waals surface area contributed by atoms with Crippen LogP contribution in [0.15, 0.2) is 60.7 Å². The van der Waals surface area contributed by atoms with Crippen LogP contribution >= 0.6 is 11.6 Å². The number of nitrogens with one attached hydrogen (secondary N) is 2. The highest BCUT2D eigenvalue weighted by Crippen LogP contribution is 2.50. The van der Waals surface area contributed by atoms with E-state index in [1.807, 2.05) is 0 Å².